The molecule has 0 fully saturated rings. The van der Waals surface area contributed by atoms with Crippen molar-refractivity contribution in [2.45, 2.75) is 6.54 Å². The van der Waals surface area contributed by atoms with Gasteiger partial charge >= 0.3 is 0 Å². The number of nitrogen functional groups attached to an aromatic ring is 1. The molecule has 2 aromatic carbocycles. The molecule has 22 heavy (non-hydrogen) atoms. The first-order valence-electron chi connectivity index (χ1n) is 7.16. The van der Waals surface area contributed by atoms with Gasteiger partial charge in [-0.25, -0.2) is 4.98 Å². The fourth-order valence-electron chi connectivity index (χ4n) is 2.25. The van der Waals surface area contributed by atoms with E-state index in [9.17, 15) is 0 Å². The third kappa shape index (κ3) is 2.93. The van der Waals surface area contributed by atoms with Gasteiger partial charge in [0, 0.05) is 31.7 Å². The fraction of sp³-hybridized carbons (Fsp3) is 0.176. The summed E-state index contributed by atoms with van der Waals surface area (Å²) in [5.74, 6) is 1.12. The molecule has 112 valence electrons. The molecule has 0 aliphatic rings. The van der Waals surface area contributed by atoms with Crippen molar-refractivity contribution in [2.75, 3.05) is 30.0 Å². The summed E-state index contributed by atoms with van der Waals surface area (Å²) in [6.07, 6.45) is 0. The molecule has 1 heterocycles. The lowest BCUT2D eigenvalue weighted by Gasteiger charge is -2.13. The highest BCUT2D eigenvalue weighted by molar-refractivity contribution is 5.91. The van der Waals surface area contributed by atoms with Crippen LogP contribution >= 0.6 is 0 Å². The van der Waals surface area contributed by atoms with Gasteiger partial charge in [0.05, 0.1) is 5.52 Å². The monoisotopic (exact) mass is 293 g/mol. The van der Waals surface area contributed by atoms with Crippen molar-refractivity contribution >= 4 is 28.4 Å². The Morgan fingerprint density at radius 3 is 2.55 bits per heavy atom. The van der Waals surface area contributed by atoms with Gasteiger partial charge in [-0.2, -0.15) is 4.98 Å². The van der Waals surface area contributed by atoms with Crippen LogP contribution in [0.4, 0.5) is 17.5 Å². The van der Waals surface area contributed by atoms with Gasteiger partial charge in [0.15, 0.2) is 0 Å². The molecule has 5 heteroatoms. The summed E-state index contributed by atoms with van der Waals surface area (Å²) in [6.45, 7) is 0.767. The fourth-order valence-corrected chi connectivity index (χ4v) is 2.25. The molecular formula is C17H19N5. The highest BCUT2D eigenvalue weighted by Gasteiger charge is 2.07. The maximum absolute atomic E-state index is 6.07. The first-order valence-corrected chi connectivity index (χ1v) is 7.16. The van der Waals surface area contributed by atoms with Gasteiger partial charge in [-0.05, 0) is 23.8 Å². The molecule has 3 aromatic rings. The third-order valence-electron chi connectivity index (χ3n) is 3.45. The van der Waals surface area contributed by atoms with Crippen LogP contribution in [0.15, 0.2) is 48.5 Å². The van der Waals surface area contributed by atoms with E-state index in [4.69, 9.17) is 5.73 Å². The Labute approximate surface area is 129 Å². The number of rotatable bonds is 4. The second kappa shape index (κ2) is 5.89. The molecule has 5 nitrogen and oxygen atoms in total. The minimum Gasteiger partial charge on any atom is -0.383 e. The minimum absolute atomic E-state index is 0.497. The van der Waals surface area contributed by atoms with Crippen LogP contribution in [0.2, 0.25) is 0 Å². The Kier molecular flexibility index (Phi) is 3.78. The van der Waals surface area contributed by atoms with Gasteiger partial charge in [-0.15, -0.1) is 0 Å². The molecule has 0 unspecified atom stereocenters. The average molecular weight is 293 g/mol. The van der Waals surface area contributed by atoms with E-state index in [0.29, 0.717) is 11.8 Å². The number of fused-ring (bicyclic) bond motifs is 1. The van der Waals surface area contributed by atoms with E-state index < -0.39 is 0 Å². The van der Waals surface area contributed by atoms with Crippen molar-refractivity contribution in [2.24, 2.45) is 0 Å². The molecule has 0 bridgehead atoms. The summed E-state index contributed by atoms with van der Waals surface area (Å²) in [5.41, 5.74) is 9.15. The highest BCUT2D eigenvalue weighted by atomic mass is 15.2. The van der Waals surface area contributed by atoms with Crippen molar-refractivity contribution in [3.63, 3.8) is 0 Å². The molecule has 0 radical (unpaired) electrons. The molecule has 3 rings (SSSR count). The summed E-state index contributed by atoms with van der Waals surface area (Å²) >= 11 is 0. The van der Waals surface area contributed by atoms with Gasteiger partial charge < -0.3 is 16.0 Å². The van der Waals surface area contributed by atoms with Crippen LogP contribution in [0, 0.1) is 0 Å². The number of aromatic nitrogens is 2. The molecule has 0 amide bonds. The maximum Gasteiger partial charge on any atom is 0.227 e. The molecule has 0 spiro atoms. The lowest BCUT2D eigenvalue weighted by molar-refractivity contribution is 1.02. The van der Waals surface area contributed by atoms with E-state index in [1.165, 1.54) is 5.56 Å². The summed E-state index contributed by atoms with van der Waals surface area (Å²) in [4.78, 5) is 10.7. The number of nitrogens with two attached hydrogens (primary N) is 1. The third-order valence-corrected chi connectivity index (χ3v) is 3.45. The highest BCUT2D eigenvalue weighted by Crippen LogP contribution is 2.24. The Morgan fingerprint density at radius 2 is 1.82 bits per heavy atom. The zero-order valence-electron chi connectivity index (χ0n) is 12.7. The standard InChI is InChI=1S/C17H19N5/c1-22(2)17-20-15-9-8-13(10-14(15)16(18)21-17)19-11-12-6-4-3-5-7-12/h3-10,19H,11H2,1-2H3,(H2,18,20,21). The Bertz CT molecular complexity index is 784. The number of nitrogens with zero attached hydrogens (tertiary/aromatic N) is 3. The number of benzene rings is 2. The average Bonchev–Trinajstić information content (AvgIpc) is 2.54. The molecule has 1 aromatic heterocycles. The van der Waals surface area contributed by atoms with E-state index in [2.05, 4.69) is 27.4 Å². The predicted molar refractivity (Wildman–Crippen MR) is 92.0 cm³/mol. The van der Waals surface area contributed by atoms with Crippen molar-refractivity contribution in [3.8, 4) is 0 Å². The van der Waals surface area contributed by atoms with Crippen LogP contribution in [0.25, 0.3) is 10.9 Å². The summed E-state index contributed by atoms with van der Waals surface area (Å²) < 4.78 is 0. The first kappa shape index (κ1) is 14.1. The van der Waals surface area contributed by atoms with Gasteiger partial charge in [0.2, 0.25) is 5.95 Å². The van der Waals surface area contributed by atoms with Crippen LogP contribution in [0.5, 0.6) is 0 Å². The topological polar surface area (TPSA) is 67.1 Å². The van der Waals surface area contributed by atoms with Crippen LogP contribution in [-0.4, -0.2) is 24.1 Å². The second-order valence-electron chi connectivity index (χ2n) is 5.37. The molecule has 0 aliphatic heterocycles. The molecule has 0 atom stereocenters. The number of anilines is 3. The maximum atomic E-state index is 6.07. The summed E-state index contributed by atoms with van der Waals surface area (Å²) in [5, 5.41) is 4.26. The normalized spacial score (nSPS) is 10.6. The van der Waals surface area contributed by atoms with Gasteiger partial charge in [0.25, 0.3) is 0 Å². The molecule has 3 N–H and O–H groups in total. The van der Waals surface area contributed by atoms with Crippen molar-refractivity contribution in [1.82, 2.24) is 9.97 Å². The minimum atomic E-state index is 0.497. The smallest absolute Gasteiger partial charge is 0.227 e. The largest absolute Gasteiger partial charge is 0.383 e. The van der Waals surface area contributed by atoms with E-state index in [1.54, 1.807) is 0 Å². The van der Waals surface area contributed by atoms with Crippen LogP contribution in [0.1, 0.15) is 5.56 Å². The van der Waals surface area contributed by atoms with Gasteiger partial charge in [-0.1, -0.05) is 30.3 Å². The number of nitrogens with one attached hydrogen (secondary N) is 1. The van der Waals surface area contributed by atoms with Gasteiger partial charge in [-0.3, -0.25) is 0 Å². The van der Waals surface area contributed by atoms with Crippen LogP contribution in [-0.2, 0) is 6.54 Å². The zero-order valence-corrected chi connectivity index (χ0v) is 12.7. The van der Waals surface area contributed by atoms with Crippen molar-refractivity contribution in [3.05, 3.63) is 54.1 Å². The first-order chi connectivity index (χ1) is 10.6. The summed E-state index contributed by atoms with van der Waals surface area (Å²) in [7, 11) is 3.80. The SMILES string of the molecule is CN(C)c1nc(N)c2cc(NCc3ccccc3)ccc2n1. The molecule has 0 saturated heterocycles. The lowest BCUT2D eigenvalue weighted by Crippen LogP contribution is -2.13. The second-order valence-corrected chi connectivity index (χ2v) is 5.37. The lowest BCUT2D eigenvalue weighted by atomic mass is 10.2. The van der Waals surface area contributed by atoms with E-state index in [-0.39, 0.29) is 0 Å². The predicted octanol–water partition coefficient (Wildman–Crippen LogP) is 2.89. The Morgan fingerprint density at radius 1 is 1.05 bits per heavy atom. The molecule has 0 saturated carbocycles. The quantitative estimate of drug-likeness (QED) is 0.774. The van der Waals surface area contributed by atoms with Crippen LogP contribution in [0.3, 0.4) is 0 Å². The van der Waals surface area contributed by atoms with E-state index in [1.807, 2.05) is 55.4 Å². The number of hydrogen-bond acceptors (Lipinski definition) is 5. The van der Waals surface area contributed by atoms with E-state index >= 15 is 0 Å². The number of hydrogen-bond donors (Lipinski definition) is 2. The van der Waals surface area contributed by atoms with Crippen LogP contribution < -0.4 is 16.0 Å². The molecular weight excluding hydrogens is 274 g/mol. The Hall–Kier alpha value is -2.82. The zero-order chi connectivity index (χ0) is 15.5. The van der Waals surface area contributed by atoms with E-state index in [0.717, 1.165) is 23.1 Å². The van der Waals surface area contributed by atoms with Crippen molar-refractivity contribution < 1.29 is 0 Å². The Balaban J connectivity index is 1.86. The van der Waals surface area contributed by atoms with Gasteiger partial charge in [0.1, 0.15) is 5.82 Å². The van der Waals surface area contributed by atoms with Crippen molar-refractivity contribution in [1.29, 1.82) is 0 Å². The molecule has 0 aliphatic carbocycles. The summed E-state index contributed by atoms with van der Waals surface area (Å²) in [6, 6.07) is 16.2.